The van der Waals surface area contributed by atoms with Gasteiger partial charge in [-0.1, -0.05) is 32.8 Å². The molecule has 0 unspecified atom stereocenters. The Morgan fingerprint density at radius 1 is 1.21 bits per heavy atom. The molecule has 1 heterocycles. The average molecular weight is 286 g/mol. The van der Waals surface area contributed by atoms with Crippen molar-refractivity contribution in [2.24, 2.45) is 10.8 Å². The second kappa shape index (κ2) is 5.31. The summed E-state index contributed by atoms with van der Waals surface area (Å²) in [7, 11) is 0. The van der Waals surface area contributed by atoms with Gasteiger partial charge in [0.05, 0.1) is 0 Å². The van der Waals surface area contributed by atoms with Crippen LogP contribution >= 0.6 is 11.6 Å². The molecule has 108 valence electrons. The molecular weight excluding hydrogens is 262 g/mol. The Bertz CT molecular complexity index is 412. The van der Waals surface area contributed by atoms with Gasteiger partial charge >= 0.3 is 6.01 Å². The maximum Gasteiger partial charge on any atom is 0.315 e. The number of aromatic nitrogens is 2. The van der Waals surface area contributed by atoms with Gasteiger partial charge in [0, 0.05) is 18.3 Å². The highest BCUT2D eigenvalue weighted by atomic mass is 35.5. The van der Waals surface area contributed by atoms with Crippen LogP contribution < -0.4 is 5.32 Å². The van der Waals surface area contributed by atoms with Gasteiger partial charge in [0.1, 0.15) is 0 Å². The van der Waals surface area contributed by atoms with Gasteiger partial charge in [-0.3, -0.25) is 0 Å². The summed E-state index contributed by atoms with van der Waals surface area (Å²) in [5, 5.41) is 11.4. The molecular formula is C14H24ClN3O. The first kappa shape index (κ1) is 14.6. The van der Waals surface area contributed by atoms with Crippen LogP contribution in [0.25, 0.3) is 0 Å². The second-order valence-corrected chi connectivity index (χ2v) is 7.57. The van der Waals surface area contributed by atoms with Crippen molar-refractivity contribution in [1.29, 1.82) is 0 Å². The maximum atomic E-state index is 5.66. The Morgan fingerprint density at radius 2 is 1.84 bits per heavy atom. The Hall–Kier alpha value is -0.770. The normalized spacial score (nSPS) is 22.4. The minimum atomic E-state index is 0.346. The first-order valence-corrected chi connectivity index (χ1v) is 7.48. The summed E-state index contributed by atoms with van der Waals surface area (Å²) in [6.07, 6.45) is 4.13. The molecule has 4 nitrogen and oxygen atoms in total. The fraction of sp³-hybridized carbons (Fsp3) is 0.857. The smallest absolute Gasteiger partial charge is 0.315 e. The molecule has 0 amide bonds. The van der Waals surface area contributed by atoms with E-state index < -0.39 is 0 Å². The molecule has 0 atom stereocenters. The molecule has 0 bridgehead atoms. The minimum absolute atomic E-state index is 0.346. The summed E-state index contributed by atoms with van der Waals surface area (Å²) in [6, 6.07) is 0.918. The zero-order valence-electron chi connectivity index (χ0n) is 12.3. The molecule has 1 aromatic rings. The van der Waals surface area contributed by atoms with E-state index in [2.05, 4.69) is 43.2 Å². The van der Waals surface area contributed by atoms with Gasteiger partial charge in [-0.25, -0.2) is 0 Å². The van der Waals surface area contributed by atoms with E-state index in [4.69, 9.17) is 16.0 Å². The number of hydrogen-bond acceptors (Lipinski definition) is 4. The Morgan fingerprint density at radius 3 is 2.42 bits per heavy atom. The number of hydrogen-bond donors (Lipinski definition) is 1. The molecule has 0 radical (unpaired) electrons. The fourth-order valence-corrected chi connectivity index (χ4v) is 3.78. The summed E-state index contributed by atoms with van der Waals surface area (Å²) in [5.74, 6) is 1.11. The Balaban J connectivity index is 2.01. The molecule has 5 heteroatoms. The van der Waals surface area contributed by atoms with Crippen molar-refractivity contribution in [2.75, 3.05) is 11.2 Å². The Labute approximate surface area is 120 Å². The Kier molecular flexibility index (Phi) is 4.09. The van der Waals surface area contributed by atoms with Crippen LogP contribution in [-0.4, -0.2) is 22.1 Å². The maximum absolute atomic E-state index is 5.66. The molecule has 0 aromatic carbocycles. The molecule has 1 fully saturated rings. The fourth-order valence-electron chi connectivity index (χ4n) is 3.62. The summed E-state index contributed by atoms with van der Waals surface area (Å²) >= 11 is 5.66. The molecule has 0 aliphatic heterocycles. The summed E-state index contributed by atoms with van der Waals surface area (Å²) in [5.41, 5.74) is 0.691. The monoisotopic (exact) mass is 285 g/mol. The lowest BCUT2D eigenvalue weighted by atomic mass is 9.63. The van der Waals surface area contributed by atoms with Crippen molar-refractivity contribution in [3.05, 3.63) is 5.89 Å². The third-order valence-corrected chi connectivity index (χ3v) is 3.85. The zero-order valence-corrected chi connectivity index (χ0v) is 13.0. The SMILES string of the molecule is CC1(C)CC(Nc2nnc(CCCl)o2)CC(C)(C)C1. The first-order valence-electron chi connectivity index (χ1n) is 6.95. The van der Waals surface area contributed by atoms with Crippen LogP contribution in [0.3, 0.4) is 0 Å². The lowest BCUT2D eigenvalue weighted by Crippen LogP contribution is -2.40. The van der Waals surface area contributed by atoms with Crippen LogP contribution in [0.15, 0.2) is 4.42 Å². The molecule has 1 N–H and O–H groups in total. The number of alkyl halides is 1. The highest BCUT2D eigenvalue weighted by Gasteiger charge is 2.38. The summed E-state index contributed by atoms with van der Waals surface area (Å²) < 4.78 is 5.55. The predicted octanol–water partition coefficient (Wildman–Crippen LogP) is 3.87. The van der Waals surface area contributed by atoms with E-state index in [0.29, 0.717) is 41.1 Å². The van der Waals surface area contributed by atoms with Crippen molar-refractivity contribution >= 4 is 17.6 Å². The highest BCUT2D eigenvalue weighted by molar-refractivity contribution is 6.17. The van der Waals surface area contributed by atoms with E-state index in [-0.39, 0.29) is 0 Å². The molecule has 19 heavy (non-hydrogen) atoms. The van der Waals surface area contributed by atoms with Crippen LogP contribution in [0, 0.1) is 10.8 Å². The molecule has 1 aromatic heterocycles. The van der Waals surface area contributed by atoms with Crippen molar-refractivity contribution in [3.8, 4) is 0 Å². The first-order chi connectivity index (χ1) is 8.80. The van der Waals surface area contributed by atoms with E-state index >= 15 is 0 Å². The number of nitrogens with one attached hydrogen (secondary N) is 1. The van der Waals surface area contributed by atoms with Gasteiger partial charge in [-0.2, -0.15) is 0 Å². The van der Waals surface area contributed by atoms with E-state index in [1.54, 1.807) is 0 Å². The van der Waals surface area contributed by atoms with Gasteiger partial charge in [-0.05, 0) is 30.1 Å². The lowest BCUT2D eigenvalue weighted by molar-refractivity contribution is 0.104. The van der Waals surface area contributed by atoms with E-state index in [1.807, 2.05) is 0 Å². The summed E-state index contributed by atoms with van der Waals surface area (Å²) in [6.45, 7) is 9.31. The topological polar surface area (TPSA) is 51.0 Å². The van der Waals surface area contributed by atoms with Crippen molar-refractivity contribution < 1.29 is 4.42 Å². The van der Waals surface area contributed by atoms with Crippen molar-refractivity contribution in [2.45, 2.75) is 59.4 Å². The van der Waals surface area contributed by atoms with Gasteiger partial charge in [-0.15, -0.1) is 16.7 Å². The molecule has 0 saturated heterocycles. The van der Waals surface area contributed by atoms with Crippen LogP contribution in [0.2, 0.25) is 0 Å². The minimum Gasteiger partial charge on any atom is -0.408 e. The quantitative estimate of drug-likeness (QED) is 0.853. The number of halogens is 1. The number of nitrogens with zero attached hydrogens (tertiary/aromatic N) is 2. The number of rotatable bonds is 4. The third-order valence-electron chi connectivity index (χ3n) is 3.66. The molecule has 0 spiro atoms. The zero-order chi connectivity index (χ0) is 14.1. The van der Waals surface area contributed by atoms with Gasteiger partial charge in [0.2, 0.25) is 5.89 Å². The van der Waals surface area contributed by atoms with Crippen LogP contribution in [0.1, 0.15) is 52.8 Å². The van der Waals surface area contributed by atoms with Crippen LogP contribution in [0.5, 0.6) is 0 Å². The molecule has 2 rings (SSSR count). The van der Waals surface area contributed by atoms with E-state index in [9.17, 15) is 0 Å². The van der Waals surface area contributed by atoms with Gasteiger partial charge < -0.3 is 9.73 Å². The van der Waals surface area contributed by atoms with E-state index in [1.165, 1.54) is 6.42 Å². The standard InChI is InChI=1S/C14H24ClN3O/c1-13(2)7-10(8-14(3,4)9-13)16-12-18-17-11(19-12)5-6-15/h10H,5-9H2,1-4H3,(H,16,18). The highest BCUT2D eigenvalue weighted by Crippen LogP contribution is 2.46. The van der Waals surface area contributed by atoms with Crippen molar-refractivity contribution in [1.82, 2.24) is 10.2 Å². The predicted molar refractivity (Wildman–Crippen MR) is 77.5 cm³/mol. The average Bonchev–Trinajstić information content (AvgIpc) is 2.60. The summed E-state index contributed by atoms with van der Waals surface area (Å²) in [4.78, 5) is 0. The number of anilines is 1. The molecule has 1 aliphatic rings. The number of aryl methyl sites for hydroxylation is 1. The molecule has 1 saturated carbocycles. The lowest BCUT2D eigenvalue weighted by Gasteiger charge is -2.44. The van der Waals surface area contributed by atoms with Crippen molar-refractivity contribution in [3.63, 3.8) is 0 Å². The van der Waals surface area contributed by atoms with Crippen LogP contribution in [0.4, 0.5) is 6.01 Å². The largest absolute Gasteiger partial charge is 0.408 e. The van der Waals surface area contributed by atoms with E-state index in [0.717, 1.165) is 12.8 Å². The van der Waals surface area contributed by atoms with Crippen LogP contribution in [-0.2, 0) is 6.42 Å². The van der Waals surface area contributed by atoms with Gasteiger partial charge in [0.15, 0.2) is 0 Å². The molecule has 1 aliphatic carbocycles. The second-order valence-electron chi connectivity index (χ2n) is 7.19. The third kappa shape index (κ3) is 4.10. The van der Waals surface area contributed by atoms with Gasteiger partial charge in [0.25, 0.3) is 0 Å².